The lowest BCUT2D eigenvalue weighted by Crippen LogP contribution is -2.41. The maximum atomic E-state index is 5.69. The fourth-order valence-electron chi connectivity index (χ4n) is 2.48. The molecule has 0 aliphatic rings. The molecule has 120 valence electrons. The van der Waals surface area contributed by atoms with E-state index < -0.39 is 0 Å². The summed E-state index contributed by atoms with van der Waals surface area (Å²) < 4.78 is 5.69. The van der Waals surface area contributed by atoms with Crippen LogP contribution in [0.25, 0.3) is 0 Å². The SMILES string of the molecule is CCCNC(CCc1ccc(OC(C)C)cc1)C(C)(C)C. The number of ether oxygens (including phenoxy) is 1. The molecule has 21 heavy (non-hydrogen) atoms. The third-order valence-electron chi connectivity index (χ3n) is 3.70. The number of hydrogen-bond acceptors (Lipinski definition) is 2. The maximum Gasteiger partial charge on any atom is 0.119 e. The van der Waals surface area contributed by atoms with E-state index in [1.807, 2.05) is 0 Å². The van der Waals surface area contributed by atoms with Crippen molar-refractivity contribution < 1.29 is 4.74 Å². The highest BCUT2D eigenvalue weighted by Crippen LogP contribution is 2.24. The van der Waals surface area contributed by atoms with Gasteiger partial charge in [-0.05, 0) is 62.8 Å². The van der Waals surface area contributed by atoms with Gasteiger partial charge in [-0.25, -0.2) is 0 Å². The molecular weight excluding hydrogens is 258 g/mol. The van der Waals surface area contributed by atoms with Gasteiger partial charge in [0.1, 0.15) is 5.75 Å². The van der Waals surface area contributed by atoms with Crippen molar-refractivity contribution >= 4 is 0 Å². The van der Waals surface area contributed by atoms with Crippen molar-refractivity contribution in [1.29, 1.82) is 0 Å². The van der Waals surface area contributed by atoms with E-state index >= 15 is 0 Å². The van der Waals surface area contributed by atoms with Gasteiger partial charge in [-0.3, -0.25) is 0 Å². The first-order valence-electron chi connectivity index (χ1n) is 8.32. The minimum atomic E-state index is 0.236. The molecule has 0 saturated carbocycles. The predicted octanol–water partition coefficient (Wildman–Crippen LogP) is 4.82. The summed E-state index contributed by atoms with van der Waals surface area (Å²) in [6, 6.07) is 9.11. The summed E-state index contributed by atoms with van der Waals surface area (Å²) in [4.78, 5) is 0. The van der Waals surface area contributed by atoms with Gasteiger partial charge in [-0.2, -0.15) is 0 Å². The second kappa shape index (κ2) is 8.43. The molecule has 0 fully saturated rings. The molecule has 0 aliphatic heterocycles. The van der Waals surface area contributed by atoms with Crippen LogP contribution in [-0.2, 0) is 6.42 Å². The van der Waals surface area contributed by atoms with Crippen molar-refractivity contribution in [2.45, 2.75) is 73.0 Å². The fraction of sp³-hybridized carbons (Fsp3) is 0.684. The predicted molar refractivity (Wildman–Crippen MR) is 92.1 cm³/mol. The molecule has 1 aromatic carbocycles. The number of aryl methyl sites for hydroxylation is 1. The van der Waals surface area contributed by atoms with E-state index in [2.05, 4.69) is 71.1 Å². The van der Waals surface area contributed by atoms with E-state index in [0.29, 0.717) is 11.5 Å². The minimum absolute atomic E-state index is 0.236. The van der Waals surface area contributed by atoms with Crippen LogP contribution >= 0.6 is 0 Å². The van der Waals surface area contributed by atoms with Gasteiger partial charge in [0, 0.05) is 6.04 Å². The van der Waals surface area contributed by atoms with E-state index in [4.69, 9.17) is 4.74 Å². The Labute approximate surface area is 131 Å². The zero-order chi connectivity index (χ0) is 15.9. The van der Waals surface area contributed by atoms with Crippen LogP contribution in [0.4, 0.5) is 0 Å². The molecule has 0 aliphatic carbocycles. The van der Waals surface area contributed by atoms with E-state index in [-0.39, 0.29) is 6.10 Å². The van der Waals surface area contributed by atoms with Crippen LogP contribution in [0.15, 0.2) is 24.3 Å². The zero-order valence-corrected chi connectivity index (χ0v) is 14.7. The Hall–Kier alpha value is -1.02. The smallest absolute Gasteiger partial charge is 0.119 e. The molecule has 2 heteroatoms. The molecule has 0 heterocycles. The van der Waals surface area contributed by atoms with Gasteiger partial charge in [0.2, 0.25) is 0 Å². The molecule has 1 N–H and O–H groups in total. The summed E-state index contributed by atoms with van der Waals surface area (Å²) in [7, 11) is 0. The van der Waals surface area contributed by atoms with E-state index in [1.54, 1.807) is 0 Å². The molecule has 1 atom stereocenters. The van der Waals surface area contributed by atoms with Crippen molar-refractivity contribution in [3.8, 4) is 5.75 Å². The summed E-state index contributed by atoms with van der Waals surface area (Å²) >= 11 is 0. The van der Waals surface area contributed by atoms with Gasteiger partial charge < -0.3 is 10.1 Å². The molecule has 0 radical (unpaired) electrons. The molecular formula is C19H33NO. The van der Waals surface area contributed by atoms with Crippen molar-refractivity contribution in [2.24, 2.45) is 5.41 Å². The van der Waals surface area contributed by atoms with Crippen LogP contribution < -0.4 is 10.1 Å². The summed E-state index contributed by atoms with van der Waals surface area (Å²) in [6.45, 7) is 14.4. The van der Waals surface area contributed by atoms with Crippen LogP contribution in [0.5, 0.6) is 5.75 Å². The number of benzene rings is 1. The topological polar surface area (TPSA) is 21.3 Å². The van der Waals surface area contributed by atoms with E-state index in [0.717, 1.165) is 18.7 Å². The average Bonchev–Trinajstić information content (AvgIpc) is 2.38. The van der Waals surface area contributed by atoms with Gasteiger partial charge >= 0.3 is 0 Å². The zero-order valence-electron chi connectivity index (χ0n) is 14.7. The van der Waals surface area contributed by atoms with Gasteiger partial charge in [-0.1, -0.05) is 39.8 Å². The molecule has 0 aromatic heterocycles. The number of nitrogens with one attached hydrogen (secondary N) is 1. The highest BCUT2D eigenvalue weighted by molar-refractivity contribution is 5.27. The van der Waals surface area contributed by atoms with Gasteiger partial charge in [0.25, 0.3) is 0 Å². The normalized spacial score (nSPS) is 13.5. The largest absolute Gasteiger partial charge is 0.491 e. The molecule has 1 aromatic rings. The molecule has 1 rings (SSSR count). The Morgan fingerprint density at radius 2 is 1.71 bits per heavy atom. The van der Waals surface area contributed by atoms with Crippen molar-refractivity contribution in [3.63, 3.8) is 0 Å². The highest BCUT2D eigenvalue weighted by atomic mass is 16.5. The first kappa shape index (κ1) is 18.0. The minimum Gasteiger partial charge on any atom is -0.491 e. The monoisotopic (exact) mass is 291 g/mol. The lowest BCUT2D eigenvalue weighted by atomic mass is 9.83. The summed E-state index contributed by atoms with van der Waals surface area (Å²) in [5.74, 6) is 0.963. The standard InChI is InChI=1S/C19H33NO/c1-7-14-20-18(19(4,5)6)13-10-16-8-11-17(12-9-16)21-15(2)3/h8-9,11-12,15,18,20H,7,10,13-14H2,1-6H3. The Morgan fingerprint density at radius 1 is 1.10 bits per heavy atom. The van der Waals surface area contributed by atoms with Gasteiger partial charge in [0.15, 0.2) is 0 Å². The molecule has 0 saturated heterocycles. The molecule has 0 spiro atoms. The summed E-state index contributed by atoms with van der Waals surface area (Å²) in [6.07, 6.45) is 3.71. The number of hydrogen-bond donors (Lipinski definition) is 1. The lowest BCUT2D eigenvalue weighted by molar-refractivity contribution is 0.242. The van der Waals surface area contributed by atoms with Crippen LogP contribution in [-0.4, -0.2) is 18.7 Å². The Kier molecular flexibility index (Phi) is 7.24. The summed E-state index contributed by atoms with van der Waals surface area (Å²) in [5, 5.41) is 3.69. The average molecular weight is 291 g/mol. The molecule has 0 amide bonds. The van der Waals surface area contributed by atoms with Crippen LogP contribution in [0.1, 0.15) is 59.9 Å². The van der Waals surface area contributed by atoms with Gasteiger partial charge in [-0.15, -0.1) is 0 Å². The first-order valence-corrected chi connectivity index (χ1v) is 8.32. The third-order valence-corrected chi connectivity index (χ3v) is 3.70. The second-order valence-electron chi connectivity index (χ2n) is 7.22. The van der Waals surface area contributed by atoms with Crippen LogP contribution in [0.3, 0.4) is 0 Å². The Balaban J connectivity index is 2.55. The fourth-order valence-corrected chi connectivity index (χ4v) is 2.48. The lowest BCUT2D eigenvalue weighted by Gasteiger charge is -2.32. The molecule has 2 nitrogen and oxygen atoms in total. The maximum absolute atomic E-state index is 5.69. The third kappa shape index (κ3) is 6.99. The highest BCUT2D eigenvalue weighted by Gasteiger charge is 2.23. The summed E-state index contributed by atoms with van der Waals surface area (Å²) in [5.41, 5.74) is 1.69. The van der Waals surface area contributed by atoms with E-state index in [9.17, 15) is 0 Å². The van der Waals surface area contributed by atoms with Crippen molar-refractivity contribution in [3.05, 3.63) is 29.8 Å². The quantitative estimate of drug-likeness (QED) is 0.741. The molecule has 0 bridgehead atoms. The molecule has 1 unspecified atom stereocenters. The van der Waals surface area contributed by atoms with Gasteiger partial charge in [0.05, 0.1) is 6.10 Å². The van der Waals surface area contributed by atoms with Crippen molar-refractivity contribution in [2.75, 3.05) is 6.54 Å². The second-order valence-corrected chi connectivity index (χ2v) is 7.22. The van der Waals surface area contributed by atoms with Crippen molar-refractivity contribution in [1.82, 2.24) is 5.32 Å². The number of rotatable bonds is 8. The van der Waals surface area contributed by atoms with E-state index in [1.165, 1.54) is 18.4 Å². The van der Waals surface area contributed by atoms with Crippen LogP contribution in [0.2, 0.25) is 0 Å². The Morgan fingerprint density at radius 3 is 2.19 bits per heavy atom. The Bertz CT molecular complexity index is 389. The first-order chi connectivity index (χ1) is 9.82. The van der Waals surface area contributed by atoms with Crippen LogP contribution in [0, 0.1) is 5.41 Å².